The number of rotatable bonds is 7. The molecule has 0 radical (unpaired) electrons. The first-order chi connectivity index (χ1) is 14.0. The van der Waals surface area contributed by atoms with Crippen molar-refractivity contribution in [1.29, 1.82) is 0 Å². The van der Waals surface area contributed by atoms with Gasteiger partial charge in [0.25, 0.3) is 11.6 Å². The summed E-state index contributed by atoms with van der Waals surface area (Å²) in [6.07, 6.45) is 1.33. The van der Waals surface area contributed by atoms with Gasteiger partial charge in [0, 0.05) is 28.3 Å². The van der Waals surface area contributed by atoms with Gasteiger partial charge in [-0.2, -0.15) is 5.10 Å². The van der Waals surface area contributed by atoms with E-state index in [4.69, 9.17) is 16.3 Å². The molecule has 0 aliphatic heterocycles. The third kappa shape index (κ3) is 5.40. The Bertz CT molecular complexity index is 1070. The number of ether oxygens (including phenoxy) is 1. The molecule has 0 saturated carbocycles. The predicted molar refractivity (Wildman–Crippen MR) is 110 cm³/mol. The number of para-hydroxylation sites is 1. The van der Waals surface area contributed by atoms with Gasteiger partial charge >= 0.3 is 0 Å². The van der Waals surface area contributed by atoms with Crippen molar-refractivity contribution in [3.8, 4) is 5.75 Å². The van der Waals surface area contributed by atoms with Gasteiger partial charge in [-0.15, -0.1) is 0 Å². The lowest BCUT2D eigenvalue weighted by Crippen LogP contribution is -2.18. The lowest BCUT2D eigenvalue weighted by Gasteiger charge is -2.11. The van der Waals surface area contributed by atoms with Gasteiger partial charge in [-0.3, -0.25) is 14.9 Å². The van der Waals surface area contributed by atoms with E-state index in [0.29, 0.717) is 21.9 Å². The minimum Gasteiger partial charge on any atom is -0.488 e. The van der Waals surface area contributed by atoms with E-state index in [2.05, 4.69) is 10.5 Å². The van der Waals surface area contributed by atoms with Crippen molar-refractivity contribution in [3.05, 3.63) is 105 Å². The molecule has 1 N–H and O–H groups in total. The lowest BCUT2D eigenvalue weighted by molar-refractivity contribution is -0.384. The highest BCUT2D eigenvalue weighted by Gasteiger charge is 2.12. The van der Waals surface area contributed by atoms with Gasteiger partial charge in [0.2, 0.25) is 0 Å². The molecule has 0 bridgehead atoms. The molecule has 0 heterocycles. The maximum Gasteiger partial charge on any atom is 0.275 e. The number of amides is 1. The summed E-state index contributed by atoms with van der Waals surface area (Å²) in [5.74, 6) is -0.0862. The molecule has 0 saturated heterocycles. The molecule has 0 spiro atoms. The highest BCUT2D eigenvalue weighted by molar-refractivity contribution is 6.31. The number of benzene rings is 3. The standard InChI is InChI=1S/C21H16ClN3O4/c22-19-10-3-1-7-16(19)14-29-20-11-4-2-9-18(20)21(26)24-23-13-15-6-5-8-17(12-15)25(27)28/h1-13H,14H2,(H,24,26)/b23-13+. The van der Waals surface area contributed by atoms with Crippen molar-refractivity contribution in [1.82, 2.24) is 5.43 Å². The van der Waals surface area contributed by atoms with Gasteiger partial charge in [0.15, 0.2) is 0 Å². The Hall–Kier alpha value is -3.71. The number of nitro groups is 1. The summed E-state index contributed by atoms with van der Waals surface area (Å²) in [5.41, 5.74) is 3.93. The number of nitrogens with one attached hydrogen (secondary N) is 1. The van der Waals surface area contributed by atoms with Crippen LogP contribution >= 0.6 is 11.6 Å². The normalized spacial score (nSPS) is 10.7. The average molecular weight is 410 g/mol. The molecule has 3 aromatic carbocycles. The molecule has 0 unspecified atom stereocenters. The van der Waals surface area contributed by atoms with E-state index in [0.717, 1.165) is 5.56 Å². The van der Waals surface area contributed by atoms with Gasteiger partial charge in [0.05, 0.1) is 16.7 Å². The topological polar surface area (TPSA) is 93.8 Å². The Kier molecular flexibility index (Phi) is 6.55. The van der Waals surface area contributed by atoms with Crippen LogP contribution in [0.2, 0.25) is 5.02 Å². The summed E-state index contributed by atoms with van der Waals surface area (Å²) in [6, 6.07) is 20.0. The fourth-order valence-electron chi connectivity index (χ4n) is 2.50. The SMILES string of the molecule is O=C(N/N=C/c1cccc([N+](=O)[O-])c1)c1ccccc1OCc1ccccc1Cl. The molecular formula is C21H16ClN3O4. The summed E-state index contributed by atoms with van der Waals surface area (Å²) >= 11 is 6.13. The highest BCUT2D eigenvalue weighted by Crippen LogP contribution is 2.22. The van der Waals surface area contributed by atoms with E-state index in [-0.39, 0.29) is 12.3 Å². The molecular weight excluding hydrogens is 394 g/mol. The molecule has 3 aromatic rings. The smallest absolute Gasteiger partial charge is 0.275 e. The van der Waals surface area contributed by atoms with Gasteiger partial charge in [-0.05, 0) is 18.2 Å². The van der Waals surface area contributed by atoms with Gasteiger partial charge < -0.3 is 4.74 Å². The number of carbonyl (C=O) groups is 1. The van der Waals surface area contributed by atoms with Crippen molar-refractivity contribution >= 4 is 29.4 Å². The second-order valence-electron chi connectivity index (χ2n) is 5.93. The Labute approximate surface area is 171 Å². The zero-order valence-electron chi connectivity index (χ0n) is 15.1. The molecule has 146 valence electrons. The number of nitrogens with zero attached hydrogens (tertiary/aromatic N) is 2. The van der Waals surface area contributed by atoms with E-state index in [1.54, 1.807) is 42.5 Å². The maximum atomic E-state index is 12.5. The quantitative estimate of drug-likeness (QED) is 0.351. The fraction of sp³-hybridized carbons (Fsp3) is 0.0476. The molecule has 3 rings (SSSR count). The van der Waals surface area contributed by atoms with Gasteiger partial charge in [0.1, 0.15) is 12.4 Å². The van der Waals surface area contributed by atoms with Crippen LogP contribution < -0.4 is 10.2 Å². The number of halogens is 1. The Balaban J connectivity index is 1.67. The average Bonchev–Trinajstić information content (AvgIpc) is 2.73. The molecule has 0 atom stereocenters. The predicted octanol–water partition coefficient (Wildman–Crippen LogP) is 4.59. The number of hydrogen-bond donors (Lipinski definition) is 1. The third-order valence-electron chi connectivity index (χ3n) is 3.93. The van der Waals surface area contributed by atoms with Crippen molar-refractivity contribution in [2.24, 2.45) is 5.10 Å². The Morgan fingerprint density at radius 2 is 1.86 bits per heavy atom. The second kappa shape index (κ2) is 9.48. The summed E-state index contributed by atoms with van der Waals surface area (Å²) in [5, 5.41) is 15.3. The number of nitro benzene ring substituents is 1. The third-order valence-corrected chi connectivity index (χ3v) is 4.30. The fourth-order valence-corrected chi connectivity index (χ4v) is 2.69. The molecule has 0 aromatic heterocycles. The summed E-state index contributed by atoms with van der Waals surface area (Å²) < 4.78 is 5.76. The molecule has 1 amide bonds. The van der Waals surface area contributed by atoms with Crippen LogP contribution in [0.15, 0.2) is 77.9 Å². The minimum atomic E-state index is -0.498. The monoisotopic (exact) mass is 409 g/mol. The highest BCUT2D eigenvalue weighted by atomic mass is 35.5. The van der Waals surface area contributed by atoms with Crippen LogP contribution in [-0.4, -0.2) is 17.0 Å². The summed E-state index contributed by atoms with van der Waals surface area (Å²) in [6.45, 7) is 0.209. The maximum absolute atomic E-state index is 12.5. The first kappa shape index (κ1) is 20.0. The molecule has 0 aliphatic rings. The van der Waals surface area contributed by atoms with Gasteiger partial charge in [-0.25, -0.2) is 5.43 Å². The zero-order valence-corrected chi connectivity index (χ0v) is 15.9. The first-order valence-corrected chi connectivity index (χ1v) is 8.95. The second-order valence-corrected chi connectivity index (χ2v) is 6.33. The minimum absolute atomic E-state index is 0.0569. The van der Waals surface area contributed by atoms with Crippen LogP contribution in [0, 0.1) is 10.1 Å². The Morgan fingerprint density at radius 3 is 2.66 bits per heavy atom. The summed E-state index contributed by atoms with van der Waals surface area (Å²) in [7, 11) is 0. The number of non-ortho nitro benzene ring substituents is 1. The first-order valence-electron chi connectivity index (χ1n) is 8.57. The molecule has 7 nitrogen and oxygen atoms in total. The number of hydrazone groups is 1. The van der Waals surface area contributed by atoms with Crippen LogP contribution in [0.25, 0.3) is 0 Å². The van der Waals surface area contributed by atoms with E-state index < -0.39 is 10.8 Å². The summed E-state index contributed by atoms with van der Waals surface area (Å²) in [4.78, 5) is 22.8. The van der Waals surface area contributed by atoms with Crippen LogP contribution in [0.4, 0.5) is 5.69 Å². The molecule has 0 aliphatic carbocycles. The van der Waals surface area contributed by atoms with E-state index in [1.807, 2.05) is 18.2 Å². The van der Waals surface area contributed by atoms with Gasteiger partial charge in [-0.1, -0.05) is 54.1 Å². The van der Waals surface area contributed by atoms with Crippen LogP contribution in [0.3, 0.4) is 0 Å². The van der Waals surface area contributed by atoms with Crippen molar-refractivity contribution in [3.63, 3.8) is 0 Å². The largest absolute Gasteiger partial charge is 0.488 e. The molecule has 8 heteroatoms. The number of hydrogen-bond acceptors (Lipinski definition) is 5. The van der Waals surface area contributed by atoms with E-state index >= 15 is 0 Å². The van der Waals surface area contributed by atoms with Crippen LogP contribution in [0.5, 0.6) is 5.75 Å². The van der Waals surface area contributed by atoms with Crippen molar-refractivity contribution in [2.45, 2.75) is 6.61 Å². The van der Waals surface area contributed by atoms with Crippen molar-refractivity contribution in [2.75, 3.05) is 0 Å². The Morgan fingerprint density at radius 1 is 1.10 bits per heavy atom. The van der Waals surface area contributed by atoms with Crippen LogP contribution in [-0.2, 0) is 6.61 Å². The molecule has 0 fully saturated rings. The van der Waals surface area contributed by atoms with Crippen LogP contribution in [0.1, 0.15) is 21.5 Å². The lowest BCUT2D eigenvalue weighted by atomic mass is 10.2. The zero-order chi connectivity index (χ0) is 20.6. The van der Waals surface area contributed by atoms with E-state index in [1.165, 1.54) is 18.3 Å². The van der Waals surface area contributed by atoms with E-state index in [9.17, 15) is 14.9 Å². The molecule has 29 heavy (non-hydrogen) atoms. The van der Waals surface area contributed by atoms with Crippen molar-refractivity contribution < 1.29 is 14.5 Å². The number of carbonyl (C=O) groups excluding carboxylic acids is 1.